The van der Waals surface area contributed by atoms with Crippen molar-refractivity contribution in [1.82, 2.24) is 0 Å². The van der Waals surface area contributed by atoms with E-state index in [0.717, 1.165) is 11.6 Å². The van der Waals surface area contributed by atoms with Gasteiger partial charge in [0.15, 0.2) is 0 Å². The van der Waals surface area contributed by atoms with E-state index < -0.39 is 7.26 Å². The van der Waals surface area contributed by atoms with Crippen LogP contribution in [0.5, 0.6) is 0 Å². The SMILES string of the molecule is CCCC1CCC([P+](c2ccccc2)(c2ccccc2)c2ccccc2)CC1.[Br-]. The van der Waals surface area contributed by atoms with E-state index in [-0.39, 0.29) is 17.0 Å². The van der Waals surface area contributed by atoms with E-state index in [1.165, 1.54) is 38.5 Å². The molecule has 29 heavy (non-hydrogen) atoms. The van der Waals surface area contributed by atoms with Crippen molar-refractivity contribution in [3.8, 4) is 0 Å². The molecule has 0 saturated heterocycles. The van der Waals surface area contributed by atoms with Crippen molar-refractivity contribution in [2.75, 3.05) is 0 Å². The highest BCUT2D eigenvalue weighted by atomic mass is 79.9. The molecule has 0 aromatic heterocycles. The molecule has 0 nitrogen and oxygen atoms in total. The van der Waals surface area contributed by atoms with Crippen LogP contribution in [0.2, 0.25) is 0 Å². The molecule has 0 unspecified atom stereocenters. The van der Waals surface area contributed by atoms with Crippen LogP contribution in [-0.4, -0.2) is 5.66 Å². The van der Waals surface area contributed by atoms with Crippen LogP contribution in [0.15, 0.2) is 91.0 Å². The molecule has 0 N–H and O–H groups in total. The first-order chi connectivity index (χ1) is 13.9. The van der Waals surface area contributed by atoms with E-state index in [0.29, 0.717) is 0 Å². The Hall–Kier alpha value is -1.43. The van der Waals surface area contributed by atoms with Gasteiger partial charge in [0, 0.05) is 0 Å². The van der Waals surface area contributed by atoms with E-state index in [4.69, 9.17) is 0 Å². The van der Waals surface area contributed by atoms with Crippen LogP contribution in [0.4, 0.5) is 0 Å². The van der Waals surface area contributed by atoms with Gasteiger partial charge in [-0.2, -0.15) is 0 Å². The number of hydrogen-bond acceptors (Lipinski definition) is 0. The summed E-state index contributed by atoms with van der Waals surface area (Å²) in [6, 6.07) is 34.3. The van der Waals surface area contributed by atoms with Crippen LogP contribution >= 0.6 is 7.26 Å². The van der Waals surface area contributed by atoms with E-state index in [1.54, 1.807) is 15.9 Å². The zero-order valence-electron chi connectivity index (χ0n) is 17.4. The van der Waals surface area contributed by atoms with Gasteiger partial charge in [0.25, 0.3) is 0 Å². The lowest BCUT2D eigenvalue weighted by Gasteiger charge is -2.38. The van der Waals surface area contributed by atoms with Crippen molar-refractivity contribution in [2.24, 2.45) is 5.92 Å². The molecule has 1 saturated carbocycles. The van der Waals surface area contributed by atoms with Gasteiger partial charge in [0.1, 0.15) is 23.2 Å². The summed E-state index contributed by atoms with van der Waals surface area (Å²) in [5.74, 6) is 0.936. The molecular weight excluding hydrogens is 435 g/mol. The van der Waals surface area contributed by atoms with Gasteiger partial charge in [0.2, 0.25) is 0 Å². The van der Waals surface area contributed by atoms with Gasteiger partial charge >= 0.3 is 0 Å². The average Bonchev–Trinajstić information content (AvgIpc) is 2.78. The van der Waals surface area contributed by atoms with E-state index in [9.17, 15) is 0 Å². The minimum absolute atomic E-state index is 0. The maximum Gasteiger partial charge on any atom is 0.115 e. The summed E-state index contributed by atoms with van der Waals surface area (Å²) in [6.45, 7) is 2.33. The first-order valence-corrected chi connectivity index (χ1v) is 12.8. The number of benzene rings is 3. The topological polar surface area (TPSA) is 0 Å². The zero-order chi connectivity index (χ0) is 19.2. The highest BCUT2D eigenvalue weighted by Crippen LogP contribution is 2.63. The summed E-state index contributed by atoms with van der Waals surface area (Å²) in [5.41, 5.74) is 0.743. The molecule has 3 aromatic carbocycles. The fourth-order valence-electron chi connectivity index (χ4n) is 5.30. The van der Waals surface area contributed by atoms with Crippen molar-refractivity contribution < 1.29 is 17.0 Å². The van der Waals surface area contributed by atoms with Gasteiger partial charge < -0.3 is 17.0 Å². The minimum Gasteiger partial charge on any atom is -1.00 e. The van der Waals surface area contributed by atoms with Crippen molar-refractivity contribution in [2.45, 2.75) is 51.1 Å². The zero-order valence-corrected chi connectivity index (χ0v) is 19.9. The van der Waals surface area contributed by atoms with Crippen molar-refractivity contribution in [3.05, 3.63) is 91.0 Å². The van der Waals surface area contributed by atoms with Gasteiger partial charge in [-0.05, 0) is 68.0 Å². The second-order valence-corrected chi connectivity index (χ2v) is 11.9. The molecule has 0 bridgehead atoms. The van der Waals surface area contributed by atoms with Crippen LogP contribution in [0.25, 0.3) is 0 Å². The minimum atomic E-state index is -1.67. The van der Waals surface area contributed by atoms with E-state index in [1.807, 2.05) is 0 Å². The lowest BCUT2D eigenvalue weighted by atomic mass is 9.86. The summed E-state index contributed by atoms with van der Waals surface area (Å²) in [6.07, 6.45) is 8.24. The second-order valence-electron chi connectivity index (χ2n) is 8.19. The molecule has 3 aromatic rings. The van der Waals surface area contributed by atoms with Crippen LogP contribution in [0.1, 0.15) is 45.4 Å². The van der Waals surface area contributed by atoms with Gasteiger partial charge in [-0.1, -0.05) is 74.4 Å². The fraction of sp³-hybridized carbons (Fsp3) is 0.333. The molecule has 0 spiro atoms. The number of halogens is 1. The molecule has 0 radical (unpaired) electrons. The molecule has 0 aliphatic heterocycles. The maximum atomic E-state index is 2.39. The number of hydrogen-bond donors (Lipinski definition) is 0. The molecule has 1 aliphatic carbocycles. The summed E-state index contributed by atoms with van der Waals surface area (Å²) in [4.78, 5) is 0. The molecular formula is C27H32BrP. The highest BCUT2D eigenvalue weighted by molar-refractivity contribution is 7.96. The summed E-state index contributed by atoms with van der Waals surface area (Å²) in [5, 5.41) is 4.64. The van der Waals surface area contributed by atoms with Crippen molar-refractivity contribution in [3.63, 3.8) is 0 Å². The average molecular weight is 467 g/mol. The Kier molecular flexibility index (Phi) is 8.10. The Morgan fingerprint density at radius 1 is 0.621 bits per heavy atom. The predicted octanol–water partition coefficient (Wildman–Crippen LogP) is 3.34. The Morgan fingerprint density at radius 3 is 1.34 bits per heavy atom. The standard InChI is InChI=1S/C27H32P.BrH/c1-2-12-23-19-21-27(22-20-23)28(24-13-6-3-7-14-24,25-15-8-4-9-16-25)26-17-10-5-11-18-26;/h3-11,13-18,23,27H,2,12,19-22H2,1H3;1H/q+1;/p-1. The lowest BCUT2D eigenvalue weighted by molar-refractivity contribution is -0.00000560. The Morgan fingerprint density at radius 2 is 1.00 bits per heavy atom. The third-order valence-electron chi connectivity index (χ3n) is 6.55. The Labute approximate surface area is 187 Å². The molecule has 2 heteroatoms. The molecule has 0 atom stereocenters. The Bertz CT molecular complexity index is 743. The predicted molar refractivity (Wildman–Crippen MR) is 126 cm³/mol. The summed E-state index contributed by atoms with van der Waals surface area (Å²) in [7, 11) is -1.67. The van der Waals surface area contributed by atoms with Crippen LogP contribution in [-0.2, 0) is 0 Å². The number of rotatable bonds is 6. The molecule has 4 rings (SSSR count). The normalized spacial score (nSPS) is 19.3. The van der Waals surface area contributed by atoms with Crippen LogP contribution in [0.3, 0.4) is 0 Å². The molecule has 152 valence electrons. The first-order valence-electron chi connectivity index (χ1n) is 10.9. The smallest absolute Gasteiger partial charge is 0.115 e. The maximum absolute atomic E-state index is 2.39. The van der Waals surface area contributed by atoms with Gasteiger partial charge in [-0.15, -0.1) is 0 Å². The van der Waals surface area contributed by atoms with Crippen LogP contribution in [0, 0.1) is 5.92 Å². The lowest BCUT2D eigenvalue weighted by Crippen LogP contribution is -3.00. The Balaban J connectivity index is 0.00000240. The molecule has 0 heterocycles. The van der Waals surface area contributed by atoms with E-state index >= 15 is 0 Å². The molecule has 1 fully saturated rings. The highest BCUT2D eigenvalue weighted by Gasteiger charge is 2.52. The van der Waals surface area contributed by atoms with Crippen LogP contribution < -0.4 is 32.9 Å². The van der Waals surface area contributed by atoms with Gasteiger partial charge in [0.05, 0.1) is 5.66 Å². The third kappa shape index (κ3) is 4.52. The quantitative estimate of drug-likeness (QED) is 0.488. The third-order valence-corrected chi connectivity index (χ3v) is 11.5. The monoisotopic (exact) mass is 466 g/mol. The van der Waals surface area contributed by atoms with Gasteiger partial charge in [-0.3, -0.25) is 0 Å². The van der Waals surface area contributed by atoms with Crippen molar-refractivity contribution in [1.29, 1.82) is 0 Å². The van der Waals surface area contributed by atoms with Gasteiger partial charge in [-0.25, -0.2) is 0 Å². The first kappa shape index (κ1) is 22.3. The largest absolute Gasteiger partial charge is 1.00 e. The molecule has 1 aliphatic rings. The fourth-order valence-corrected chi connectivity index (χ4v) is 10.5. The van der Waals surface area contributed by atoms with Crippen molar-refractivity contribution >= 4 is 23.2 Å². The summed E-state index contributed by atoms with van der Waals surface area (Å²) < 4.78 is 0. The van der Waals surface area contributed by atoms with E-state index in [2.05, 4.69) is 97.9 Å². The second kappa shape index (κ2) is 10.6. The summed E-state index contributed by atoms with van der Waals surface area (Å²) >= 11 is 0. The molecule has 0 amide bonds.